The quantitative estimate of drug-likeness (QED) is 0.464. The summed E-state index contributed by atoms with van der Waals surface area (Å²) in [4.78, 5) is 0. The molecule has 1 aliphatic rings. The van der Waals surface area contributed by atoms with Gasteiger partial charge in [0.1, 0.15) is 0 Å². The fourth-order valence-electron chi connectivity index (χ4n) is 3.20. The fourth-order valence-corrected chi connectivity index (χ4v) is 7.23. The minimum absolute atomic E-state index is 0.800. The summed E-state index contributed by atoms with van der Waals surface area (Å²) < 4.78 is 17.3. The van der Waals surface area contributed by atoms with Crippen molar-refractivity contribution in [2.75, 3.05) is 0 Å². The summed E-state index contributed by atoms with van der Waals surface area (Å²) in [6.07, 6.45) is 0. The van der Waals surface area contributed by atoms with E-state index >= 15 is 4.11 Å². The maximum absolute atomic E-state index is 16.3. The lowest BCUT2D eigenvalue weighted by Crippen LogP contribution is -2.61. The second-order valence-electron chi connectivity index (χ2n) is 5.26. The lowest BCUT2D eigenvalue weighted by molar-refractivity contribution is 0.844. The molecule has 0 radical (unpaired) electrons. The number of hydrogen-bond donors (Lipinski definition) is 0. The molecule has 3 heteroatoms. The zero-order valence-corrected chi connectivity index (χ0v) is 13.8. The highest BCUT2D eigenvalue weighted by Crippen LogP contribution is 2.28. The molecule has 0 saturated heterocycles. The Morgan fingerprint density at radius 3 is 1.86 bits per heavy atom. The summed E-state index contributed by atoms with van der Waals surface area (Å²) in [6, 6.07) is 23.5. The third-order valence-electron chi connectivity index (χ3n) is 4.11. The van der Waals surface area contributed by atoms with Gasteiger partial charge in [-0.25, -0.2) is 0 Å². The number of halogens is 2. The molecule has 4 rings (SSSR count). The fraction of sp³-hybridized carbons (Fsp3) is 0. The first kappa shape index (κ1) is 13.0. The van der Waals surface area contributed by atoms with Crippen LogP contribution in [0.15, 0.2) is 77.3 Å². The minimum atomic E-state index is -3.37. The highest BCUT2D eigenvalue weighted by Gasteiger charge is 2.48. The van der Waals surface area contributed by atoms with Crippen molar-refractivity contribution in [3.8, 4) is 11.1 Å². The summed E-state index contributed by atoms with van der Waals surface area (Å²) in [5.74, 6) is 0. The van der Waals surface area contributed by atoms with Gasteiger partial charge in [-0.15, -0.1) is 0 Å². The van der Waals surface area contributed by atoms with Crippen molar-refractivity contribution in [3.05, 3.63) is 77.3 Å². The highest BCUT2D eigenvalue weighted by molar-refractivity contribution is 9.10. The molecule has 0 saturated carbocycles. The maximum atomic E-state index is 16.3. The Balaban J connectivity index is 2.09. The molecule has 0 amide bonds. The van der Waals surface area contributed by atoms with E-state index in [0.717, 1.165) is 31.2 Å². The Bertz CT molecular complexity index is 798. The maximum Gasteiger partial charge on any atom is 0.340 e. The summed E-state index contributed by atoms with van der Waals surface area (Å²) in [7, 11) is -3.37. The average molecular weight is 355 g/mol. The Morgan fingerprint density at radius 1 is 0.714 bits per heavy atom. The first-order valence-electron chi connectivity index (χ1n) is 6.85. The van der Waals surface area contributed by atoms with Gasteiger partial charge >= 0.3 is 8.41 Å². The molecule has 0 atom stereocenters. The van der Waals surface area contributed by atoms with Crippen molar-refractivity contribution in [1.82, 2.24) is 0 Å². The molecule has 1 aliphatic heterocycles. The Morgan fingerprint density at radius 2 is 1.29 bits per heavy atom. The standard InChI is InChI=1S/C18H12BrFSi/c19-13-6-5-7-14(12-13)21(20)17-10-3-1-8-15(17)16-9-2-4-11-18(16)21/h1-12H. The zero-order chi connectivity index (χ0) is 14.4. The van der Waals surface area contributed by atoms with Crippen molar-refractivity contribution in [3.63, 3.8) is 0 Å². The molecule has 0 unspecified atom stereocenters. The lowest BCUT2D eigenvalue weighted by atomic mass is 10.1. The van der Waals surface area contributed by atoms with Crippen LogP contribution in [0.1, 0.15) is 0 Å². The summed E-state index contributed by atoms with van der Waals surface area (Å²) in [6.45, 7) is 0. The molecule has 102 valence electrons. The van der Waals surface area contributed by atoms with Crippen LogP contribution < -0.4 is 15.6 Å². The molecule has 0 bridgehead atoms. The second kappa shape index (κ2) is 4.65. The van der Waals surface area contributed by atoms with Crippen molar-refractivity contribution >= 4 is 39.9 Å². The molecule has 0 nitrogen and oxygen atoms in total. The predicted molar refractivity (Wildman–Crippen MR) is 91.8 cm³/mol. The molecule has 0 spiro atoms. The van der Waals surface area contributed by atoms with Gasteiger partial charge in [-0.3, -0.25) is 4.11 Å². The number of benzene rings is 3. The van der Waals surface area contributed by atoms with E-state index in [-0.39, 0.29) is 0 Å². The van der Waals surface area contributed by atoms with E-state index in [1.807, 2.05) is 72.8 Å². The van der Waals surface area contributed by atoms with Gasteiger partial charge in [-0.2, -0.15) is 0 Å². The van der Waals surface area contributed by atoms with Gasteiger partial charge < -0.3 is 0 Å². The van der Waals surface area contributed by atoms with Crippen LogP contribution in [0.3, 0.4) is 0 Å². The Hall–Kier alpha value is -1.71. The van der Waals surface area contributed by atoms with Crippen LogP contribution in [0.25, 0.3) is 11.1 Å². The molecule has 3 aromatic carbocycles. The summed E-state index contributed by atoms with van der Waals surface area (Å²) in [5.41, 5.74) is 2.09. The molecular weight excluding hydrogens is 343 g/mol. The van der Waals surface area contributed by atoms with Crippen molar-refractivity contribution < 1.29 is 4.11 Å². The van der Waals surface area contributed by atoms with Gasteiger partial charge in [0.15, 0.2) is 0 Å². The van der Waals surface area contributed by atoms with Gasteiger partial charge in [0.05, 0.1) is 0 Å². The van der Waals surface area contributed by atoms with Crippen molar-refractivity contribution in [2.24, 2.45) is 0 Å². The smallest absolute Gasteiger partial charge is 0.296 e. The topological polar surface area (TPSA) is 0 Å². The molecule has 3 aromatic rings. The van der Waals surface area contributed by atoms with Gasteiger partial charge in [0.25, 0.3) is 0 Å². The van der Waals surface area contributed by atoms with Crippen LogP contribution in [0, 0.1) is 0 Å². The zero-order valence-electron chi connectivity index (χ0n) is 11.2. The molecule has 1 heterocycles. The number of fused-ring (bicyclic) bond motifs is 3. The second-order valence-corrected chi connectivity index (χ2v) is 9.15. The van der Waals surface area contributed by atoms with Crippen LogP contribution in [-0.2, 0) is 0 Å². The molecule has 0 N–H and O–H groups in total. The monoisotopic (exact) mass is 354 g/mol. The van der Waals surface area contributed by atoms with Gasteiger partial charge in [0.2, 0.25) is 0 Å². The summed E-state index contributed by atoms with van der Waals surface area (Å²) in [5, 5.41) is 2.53. The molecule has 0 fully saturated rings. The lowest BCUT2D eigenvalue weighted by Gasteiger charge is -2.20. The Labute approximate surface area is 132 Å². The van der Waals surface area contributed by atoms with Crippen LogP contribution in [0.2, 0.25) is 0 Å². The molecule has 0 aliphatic carbocycles. The van der Waals surface area contributed by atoms with E-state index in [0.29, 0.717) is 0 Å². The first-order valence-corrected chi connectivity index (χ1v) is 9.52. The third kappa shape index (κ3) is 1.77. The number of hydrogen-bond acceptors (Lipinski definition) is 0. The van der Waals surface area contributed by atoms with Crippen LogP contribution in [0.5, 0.6) is 0 Å². The normalized spacial score (nSPS) is 14.6. The van der Waals surface area contributed by atoms with Crippen LogP contribution in [-0.4, -0.2) is 8.41 Å². The van der Waals surface area contributed by atoms with Gasteiger partial charge in [-0.05, 0) is 38.8 Å². The molecular formula is C18H12BrFSi. The van der Waals surface area contributed by atoms with Gasteiger partial charge in [0, 0.05) is 4.47 Å². The predicted octanol–water partition coefficient (Wildman–Crippen LogP) is 3.37. The third-order valence-corrected chi connectivity index (χ3v) is 8.07. The van der Waals surface area contributed by atoms with Gasteiger partial charge in [-0.1, -0.05) is 76.6 Å². The average Bonchev–Trinajstić information content (AvgIpc) is 2.79. The van der Waals surface area contributed by atoms with E-state index in [4.69, 9.17) is 0 Å². The van der Waals surface area contributed by atoms with Crippen LogP contribution >= 0.6 is 15.9 Å². The number of rotatable bonds is 1. The van der Waals surface area contributed by atoms with Crippen LogP contribution in [0.4, 0.5) is 4.11 Å². The Kier molecular flexibility index (Phi) is 2.87. The first-order chi connectivity index (χ1) is 10.2. The summed E-state index contributed by atoms with van der Waals surface area (Å²) >= 11 is 3.47. The van der Waals surface area contributed by atoms with Crippen molar-refractivity contribution in [1.29, 1.82) is 0 Å². The largest absolute Gasteiger partial charge is 0.340 e. The van der Waals surface area contributed by atoms with E-state index in [1.54, 1.807) is 0 Å². The minimum Gasteiger partial charge on any atom is -0.296 e. The van der Waals surface area contributed by atoms with Crippen molar-refractivity contribution in [2.45, 2.75) is 0 Å². The van der Waals surface area contributed by atoms with E-state index in [1.165, 1.54) is 0 Å². The van der Waals surface area contributed by atoms with E-state index in [9.17, 15) is 0 Å². The highest BCUT2D eigenvalue weighted by atomic mass is 79.9. The van der Waals surface area contributed by atoms with E-state index in [2.05, 4.69) is 15.9 Å². The van der Waals surface area contributed by atoms with E-state index < -0.39 is 8.41 Å². The molecule has 0 aromatic heterocycles. The molecule has 21 heavy (non-hydrogen) atoms. The SMILES string of the molecule is F[Si]1(c2cccc(Br)c2)c2ccccc2-c2ccccc21.